The van der Waals surface area contributed by atoms with Crippen LogP contribution in [0, 0.1) is 20.8 Å². The second-order valence-corrected chi connectivity index (χ2v) is 5.45. The molecule has 1 unspecified atom stereocenters. The summed E-state index contributed by atoms with van der Waals surface area (Å²) in [6.45, 7) is 9.24. The van der Waals surface area contributed by atoms with Crippen molar-refractivity contribution >= 4 is 19.2 Å². The van der Waals surface area contributed by atoms with Crippen molar-refractivity contribution in [3.8, 4) is 0 Å². The molecule has 0 saturated carbocycles. The number of rotatable bonds is 5. The van der Waals surface area contributed by atoms with Gasteiger partial charge in [-0.1, -0.05) is 0 Å². The van der Waals surface area contributed by atoms with Crippen LogP contribution in [-0.2, 0) is 25.6 Å². The third kappa shape index (κ3) is 12.0. The molecule has 1 aromatic heterocycles. The third-order valence-corrected chi connectivity index (χ3v) is 2.92. The third-order valence-electron chi connectivity index (χ3n) is 2.92. The van der Waals surface area contributed by atoms with Crippen molar-refractivity contribution in [2.24, 2.45) is 0 Å². The first-order valence-electron chi connectivity index (χ1n) is 7.45. The van der Waals surface area contributed by atoms with Crippen LogP contribution < -0.4 is 4.57 Å². The molecule has 0 aliphatic rings. The van der Waals surface area contributed by atoms with Crippen LogP contribution >= 0.6 is 0 Å². The Labute approximate surface area is 144 Å². The Balaban J connectivity index is 0.00000101. The van der Waals surface area contributed by atoms with Crippen molar-refractivity contribution in [2.45, 2.75) is 47.3 Å². The lowest BCUT2D eigenvalue weighted by atomic mass is 10.2. The molecule has 5 nitrogen and oxygen atoms in total. The van der Waals surface area contributed by atoms with Gasteiger partial charge in [0.05, 0.1) is 0 Å². The average molecular weight is 367 g/mol. The second-order valence-electron chi connectivity index (χ2n) is 5.45. The van der Waals surface area contributed by atoms with Crippen molar-refractivity contribution in [3.05, 3.63) is 29.1 Å². The predicted molar refractivity (Wildman–Crippen MR) is 83.2 cm³/mol. The van der Waals surface area contributed by atoms with Gasteiger partial charge < -0.3 is 26.7 Å². The predicted octanol–water partition coefficient (Wildman–Crippen LogP) is 2.69. The van der Waals surface area contributed by atoms with Crippen molar-refractivity contribution in [1.29, 1.82) is 0 Å². The summed E-state index contributed by atoms with van der Waals surface area (Å²) in [6, 6.07) is 4.12. The summed E-state index contributed by atoms with van der Waals surface area (Å²) in [5.41, 5.74) is 3.32. The Morgan fingerprint density at radius 2 is 1.48 bits per heavy atom. The van der Waals surface area contributed by atoms with E-state index in [1.165, 1.54) is 19.4 Å². The van der Waals surface area contributed by atoms with Crippen LogP contribution in [0.1, 0.15) is 30.8 Å². The zero-order chi connectivity index (χ0) is 19.8. The molecule has 0 N–H and O–H groups in total. The SMILES string of the molecule is CC(=O)OCC(C[n+]1c(C)cc(C)cc1C)OC(C)=O.F[B-](F)(F)F. The Hall–Kier alpha value is -2.13. The largest absolute Gasteiger partial charge is 0.673 e. The number of aryl methyl sites for hydroxylation is 3. The molecule has 0 spiro atoms. The average Bonchev–Trinajstić information content (AvgIpc) is 2.37. The molecule has 0 aliphatic carbocycles. The number of hydrogen-bond acceptors (Lipinski definition) is 4. The van der Waals surface area contributed by atoms with E-state index in [9.17, 15) is 26.9 Å². The zero-order valence-electron chi connectivity index (χ0n) is 14.8. The zero-order valence-corrected chi connectivity index (χ0v) is 14.8. The number of hydrogen-bond donors (Lipinski definition) is 0. The van der Waals surface area contributed by atoms with E-state index in [0.717, 1.165) is 11.4 Å². The molecule has 0 aliphatic heterocycles. The fourth-order valence-electron chi connectivity index (χ4n) is 2.20. The highest BCUT2D eigenvalue weighted by Crippen LogP contribution is 2.06. The minimum atomic E-state index is -6.00. The van der Waals surface area contributed by atoms with Gasteiger partial charge in [0.2, 0.25) is 0 Å². The van der Waals surface area contributed by atoms with E-state index >= 15 is 0 Å². The number of carbonyl (C=O) groups is 2. The molecular weight excluding hydrogens is 345 g/mol. The Morgan fingerprint density at radius 3 is 1.84 bits per heavy atom. The first kappa shape index (κ1) is 22.9. The number of ether oxygens (including phenoxy) is 2. The summed E-state index contributed by atoms with van der Waals surface area (Å²) in [6.07, 6.45) is -0.485. The fourth-order valence-corrected chi connectivity index (χ4v) is 2.20. The first-order chi connectivity index (χ1) is 11.3. The Kier molecular flexibility index (Phi) is 9.15. The molecule has 142 valence electrons. The van der Waals surface area contributed by atoms with Crippen LogP contribution in [-0.4, -0.2) is 31.9 Å². The number of aromatic nitrogens is 1. The van der Waals surface area contributed by atoms with Gasteiger partial charge in [0.15, 0.2) is 24.0 Å². The topological polar surface area (TPSA) is 56.5 Å². The lowest BCUT2D eigenvalue weighted by Gasteiger charge is -2.15. The summed E-state index contributed by atoms with van der Waals surface area (Å²) in [4.78, 5) is 22.0. The highest BCUT2D eigenvalue weighted by Gasteiger charge is 2.22. The minimum absolute atomic E-state index is 0.0642. The number of pyridine rings is 1. The van der Waals surface area contributed by atoms with E-state index in [2.05, 4.69) is 12.1 Å². The molecule has 1 atom stereocenters. The smallest absolute Gasteiger partial charge is 0.462 e. The van der Waals surface area contributed by atoms with E-state index in [0.29, 0.717) is 6.54 Å². The molecule has 0 saturated heterocycles. The molecule has 0 bridgehead atoms. The van der Waals surface area contributed by atoms with Crippen LogP contribution in [0.5, 0.6) is 0 Å². The quantitative estimate of drug-likeness (QED) is 0.348. The molecule has 1 heterocycles. The standard InChI is InChI=1S/C15H22NO4.BF4/c1-10-6-11(2)16(12(3)7-10)8-15(20-14(5)18)9-19-13(4)17;2-1(3,4)5/h6-7,15H,8-9H2,1-5H3;/q+1;-1. The summed E-state index contributed by atoms with van der Waals surface area (Å²) in [5.74, 6) is -0.769. The number of esters is 2. The normalized spacial score (nSPS) is 11.9. The van der Waals surface area contributed by atoms with Crippen LogP contribution in [0.2, 0.25) is 0 Å². The van der Waals surface area contributed by atoms with Gasteiger partial charge in [0.25, 0.3) is 0 Å². The van der Waals surface area contributed by atoms with Crippen LogP contribution in [0.15, 0.2) is 12.1 Å². The van der Waals surface area contributed by atoms with Crippen molar-refractivity contribution in [2.75, 3.05) is 6.61 Å². The molecule has 10 heteroatoms. The maximum absolute atomic E-state index is 11.1. The minimum Gasteiger partial charge on any atom is -0.462 e. The van der Waals surface area contributed by atoms with Gasteiger partial charge in [0.1, 0.15) is 6.61 Å². The van der Waals surface area contributed by atoms with Gasteiger partial charge in [-0.25, -0.2) is 0 Å². The number of nitrogens with zero attached hydrogens (tertiary/aromatic N) is 1. The molecule has 0 amide bonds. The van der Waals surface area contributed by atoms with Crippen molar-refractivity contribution < 1.29 is 40.9 Å². The monoisotopic (exact) mass is 367 g/mol. The summed E-state index contributed by atoms with van der Waals surface area (Å²) < 4.78 is 51.2. The lowest BCUT2D eigenvalue weighted by molar-refractivity contribution is -0.714. The van der Waals surface area contributed by atoms with E-state index in [4.69, 9.17) is 9.47 Å². The molecule has 25 heavy (non-hydrogen) atoms. The summed E-state index contributed by atoms with van der Waals surface area (Å²) in [7, 11) is -6.00. The van der Waals surface area contributed by atoms with Crippen LogP contribution in [0.25, 0.3) is 0 Å². The van der Waals surface area contributed by atoms with E-state index in [1.807, 2.05) is 25.3 Å². The molecule has 0 radical (unpaired) electrons. The summed E-state index contributed by atoms with van der Waals surface area (Å²) >= 11 is 0. The fraction of sp³-hybridized carbons (Fsp3) is 0.533. The van der Waals surface area contributed by atoms with Gasteiger partial charge in [-0.2, -0.15) is 4.57 Å². The van der Waals surface area contributed by atoms with Crippen molar-refractivity contribution in [1.82, 2.24) is 0 Å². The first-order valence-corrected chi connectivity index (χ1v) is 7.45. The summed E-state index contributed by atoms with van der Waals surface area (Å²) in [5, 5.41) is 0. The van der Waals surface area contributed by atoms with Crippen molar-refractivity contribution in [3.63, 3.8) is 0 Å². The van der Waals surface area contributed by atoms with Gasteiger partial charge in [0, 0.05) is 39.8 Å². The second kappa shape index (κ2) is 10.00. The van der Waals surface area contributed by atoms with E-state index < -0.39 is 13.4 Å². The van der Waals surface area contributed by atoms with Gasteiger partial charge in [-0.3, -0.25) is 9.59 Å². The maximum Gasteiger partial charge on any atom is 0.673 e. The molecule has 0 aromatic carbocycles. The maximum atomic E-state index is 11.1. The number of carbonyl (C=O) groups excluding carboxylic acids is 2. The molecule has 1 aromatic rings. The van der Waals surface area contributed by atoms with Gasteiger partial charge in [-0.15, -0.1) is 0 Å². The van der Waals surface area contributed by atoms with Gasteiger partial charge in [-0.05, 0) is 12.5 Å². The van der Waals surface area contributed by atoms with Gasteiger partial charge >= 0.3 is 19.2 Å². The van der Waals surface area contributed by atoms with E-state index in [1.54, 1.807) is 0 Å². The van der Waals surface area contributed by atoms with Crippen LogP contribution in [0.4, 0.5) is 17.3 Å². The number of halogens is 4. The van der Waals surface area contributed by atoms with E-state index in [-0.39, 0.29) is 18.5 Å². The highest BCUT2D eigenvalue weighted by atomic mass is 19.5. The molecular formula is C15H22BF4NO4. The highest BCUT2D eigenvalue weighted by molar-refractivity contribution is 6.50. The lowest BCUT2D eigenvalue weighted by Crippen LogP contribution is -2.47. The van der Waals surface area contributed by atoms with Crippen LogP contribution in [0.3, 0.4) is 0 Å². The molecule has 0 fully saturated rings. The molecule has 1 rings (SSSR count). The Bertz CT molecular complexity index is 579. The Morgan fingerprint density at radius 1 is 1.04 bits per heavy atom.